The Labute approximate surface area is 97.7 Å². The lowest BCUT2D eigenvalue weighted by Crippen LogP contribution is -2.31. The number of hydrogen-bond donors (Lipinski definition) is 0. The van der Waals surface area contributed by atoms with Crippen molar-refractivity contribution in [2.75, 3.05) is 0 Å². The predicted octanol–water partition coefficient (Wildman–Crippen LogP) is 3.09. The van der Waals surface area contributed by atoms with Crippen LogP contribution in [-0.4, -0.2) is 18.0 Å². The van der Waals surface area contributed by atoms with Gasteiger partial charge in [0, 0.05) is 12.3 Å². The standard InChI is InChI=1S/C14H22O2/c15-12-8-5-9-13-14(16-13)11-7-4-2-1-3-6-10(11)12/h10-11,13-14H,1-9H2/t10-,11-,13-,14+/m0/s1. The van der Waals surface area contributed by atoms with Crippen molar-refractivity contribution in [2.45, 2.75) is 70.0 Å². The molecule has 0 spiro atoms. The first-order valence-corrected chi connectivity index (χ1v) is 7.04. The van der Waals surface area contributed by atoms with E-state index in [9.17, 15) is 4.79 Å². The molecular formula is C14H22O2. The van der Waals surface area contributed by atoms with Gasteiger partial charge in [-0.1, -0.05) is 25.7 Å². The zero-order valence-electron chi connectivity index (χ0n) is 9.99. The van der Waals surface area contributed by atoms with Gasteiger partial charge in [-0.05, 0) is 31.6 Å². The number of fused-ring (bicyclic) bond motifs is 3. The molecule has 0 aromatic rings. The minimum atomic E-state index is 0.343. The number of carbonyl (C=O) groups excluding carboxylic acids is 1. The van der Waals surface area contributed by atoms with Crippen LogP contribution in [0.5, 0.6) is 0 Å². The minimum Gasteiger partial charge on any atom is -0.369 e. The summed E-state index contributed by atoms with van der Waals surface area (Å²) in [5, 5.41) is 0. The predicted molar refractivity (Wildman–Crippen MR) is 62.2 cm³/mol. The molecule has 90 valence electrons. The maximum absolute atomic E-state index is 12.2. The molecule has 3 fully saturated rings. The lowest BCUT2D eigenvalue weighted by atomic mass is 9.74. The molecule has 2 heteroatoms. The molecule has 0 unspecified atom stereocenters. The Hall–Kier alpha value is -0.370. The molecule has 0 amide bonds. The van der Waals surface area contributed by atoms with E-state index in [4.69, 9.17) is 4.74 Å². The van der Waals surface area contributed by atoms with Crippen LogP contribution in [0.2, 0.25) is 0 Å². The van der Waals surface area contributed by atoms with Gasteiger partial charge in [-0.3, -0.25) is 4.79 Å². The van der Waals surface area contributed by atoms with Crippen LogP contribution in [0.3, 0.4) is 0 Å². The van der Waals surface area contributed by atoms with Gasteiger partial charge in [-0.15, -0.1) is 0 Å². The molecule has 0 N–H and O–H groups in total. The molecular weight excluding hydrogens is 200 g/mol. The van der Waals surface area contributed by atoms with Gasteiger partial charge in [-0.2, -0.15) is 0 Å². The first-order valence-electron chi connectivity index (χ1n) is 7.04. The Kier molecular flexibility index (Phi) is 3.01. The fraction of sp³-hybridized carbons (Fsp3) is 0.929. The summed E-state index contributed by atoms with van der Waals surface area (Å²) < 4.78 is 5.80. The summed E-state index contributed by atoms with van der Waals surface area (Å²) >= 11 is 0. The van der Waals surface area contributed by atoms with Crippen LogP contribution in [0.15, 0.2) is 0 Å². The van der Waals surface area contributed by atoms with Crippen molar-refractivity contribution in [1.29, 1.82) is 0 Å². The van der Waals surface area contributed by atoms with Crippen LogP contribution in [0.25, 0.3) is 0 Å². The average Bonchev–Trinajstić information content (AvgIpc) is 2.95. The zero-order valence-corrected chi connectivity index (χ0v) is 9.99. The Bertz CT molecular complexity index is 274. The largest absolute Gasteiger partial charge is 0.369 e. The SMILES string of the molecule is O=C1CCC[C@@H]2O[C@@H]2[C@H]2CCCCCC[C@H]12. The first-order chi connectivity index (χ1) is 7.86. The fourth-order valence-corrected chi connectivity index (χ4v) is 3.73. The van der Waals surface area contributed by atoms with E-state index in [0.717, 1.165) is 25.7 Å². The Morgan fingerprint density at radius 1 is 0.938 bits per heavy atom. The van der Waals surface area contributed by atoms with Crippen LogP contribution in [0.4, 0.5) is 0 Å². The summed E-state index contributed by atoms with van der Waals surface area (Å²) in [4.78, 5) is 12.2. The second kappa shape index (κ2) is 4.48. The highest BCUT2D eigenvalue weighted by Crippen LogP contribution is 2.44. The van der Waals surface area contributed by atoms with Gasteiger partial charge in [-0.25, -0.2) is 0 Å². The van der Waals surface area contributed by atoms with Crippen molar-refractivity contribution in [3.05, 3.63) is 0 Å². The topological polar surface area (TPSA) is 29.6 Å². The molecule has 0 aromatic carbocycles. The zero-order chi connectivity index (χ0) is 11.0. The second-order valence-electron chi connectivity index (χ2n) is 5.76. The van der Waals surface area contributed by atoms with E-state index < -0.39 is 0 Å². The van der Waals surface area contributed by atoms with E-state index in [1.54, 1.807) is 0 Å². The molecule has 2 aliphatic carbocycles. The summed E-state index contributed by atoms with van der Waals surface area (Å²) in [6, 6.07) is 0. The molecule has 0 bridgehead atoms. The van der Waals surface area contributed by atoms with Gasteiger partial charge >= 0.3 is 0 Å². The molecule has 3 rings (SSSR count). The second-order valence-corrected chi connectivity index (χ2v) is 5.76. The normalized spacial score (nSPS) is 44.4. The molecule has 1 saturated heterocycles. The van der Waals surface area contributed by atoms with Crippen molar-refractivity contribution < 1.29 is 9.53 Å². The van der Waals surface area contributed by atoms with Crippen molar-refractivity contribution in [3.8, 4) is 0 Å². The third kappa shape index (κ3) is 2.04. The van der Waals surface area contributed by atoms with Gasteiger partial charge in [0.15, 0.2) is 0 Å². The third-order valence-electron chi connectivity index (χ3n) is 4.69. The number of Topliss-reactive ketones (excluding diaryl/α,β-unsaturated/α-hetero) is 1. The highest BCUT2D eigenvalue weighted by atomic mass is 16.6. The van der Waals surface area contributed by atoms with E-state index in [1.165, 1.54) is 32.1 Å². The smallest absolute Gasteiger partial charge is 0.136 e. The Morgan fingerprint density at radius 2 is 1.75 bits per heavy atom. The van der Waals surface area contributed by atoms with E-state index in [1.807, 2.05) is 0 Å². The van der Waals surface area contributed by atoms with Crippen molar-refractivity contribution in [1.82, 2.24) is 0 Å². The van der Waals surface area contributed by atoms with Gasteiger partial charge in [0.25, 0.3) is 0 Å². The highest BCUT2D eigenvalue weighted by Gasteiger charge is 2.49. The summed E-state index contributed by atoms with van der Waals surface area (Å²) in [7, 11) is 0. The maximum Gasteiger partial charge on any atom is 0.136 e. The van der Waals surface area contributed by atoms with Crippen LogP contribution in [0.1, 0.15) is 57.8 Å². The first kappa shape index (κ1) is 10.8. The van der Waals surface area contributed by atoms with Gasteiger partial charge in [0.1, 0.15) is 5.78 Å². The number of ketones is 1. The molecule has 0 radical (unpaired) electrons. The minimum absolute atomic E-state index is 0.343. The van der Waals surface area contributed by atoms with Crippen molar-refractivity contribution >= 4 is 5.78 Å². The highest BCUT2D eigenvalue weighted by molar-refractivity contribution is 5.81. The summed E-state index contributed by atoms with van der Waals surface area (Å²) in [6.07, 6.45) is 11.6. The number of hydrogen-bond acceptors (Lipinski definition) is 2. The average molecular weight is 222 g/mol. The molecule has 2 nitrogen and oxygen atoms in total. The Morgan fingerprint density at radius 3 is 2.62 bits per heavy atom. The third-order valence-corrected chi connectivity index (χ3v) is 4.69. The fourth-order valence-electron chi connectivity index (χ4n) is 3.73. The Balaban J connectivity index is 1.76. The summed E-state index contributed by atoms with van der Waals surface area (Å²) in [5.74, 6) is 1.45. The quantitative estimate of drug-likeness (QED) is 0.589. The van der Waals surface area contributed by atoms with E-state index in [2.05, 4.69) is 0 Å². The lowest BCUT2D eigenvalue weighted by molar-refractivity contribution is -0.125. The molecule has 1 heterocycles. The number of epoxide rings is 1. The van der Waals surface area contributed by atoms with Crippen LogP contribution < -0.4 is 0 Å². The van der Waals surface area contributed by atoms with Gasteiger partial charge < -0.3 is 4.74 Å². The van der Waals surface area contributed by atoms with Gasteiger partial charge in [0.05, 0.1) is 12.2 Å². The van der Waals surface area contributed by atoms with Crippen LogP contribution in [0, 0.1) is 11.8 Å². The maximum atomic E-state index is 12.2. The summed E-state index contributed by atoms with van der Waals surface area (Å²) in [6.45, 7) is 0. The van der Waals surface area contributed by atoms with Crippen molar-refractivity contribution in [3.63, 3.8) is 0 Å². The molecule has 4 atom stereocenters. The van der Waals surface area contributed by atoms with Crippen LogP contribution >= 0.6 is 0 Å². The van der Waals surface area contributed by atoms with E-state index >= 15 is 0 Å². The van der Waals surface area contributed by atoms with Crippen LogP contribution in [-0.2, 0) is 9.53 Å². The monoisotopic (exact) mass is 222 g/mol. The molecule has 3 aliphatic rings. The molecule has 0 aromatic heterocycles. The molecule has 16 heavy (non-hydrogen) atoms. The number of rotatable bonds is 0. The summed E-state index contributed by atoms with van der Waals surface area (Å²) in [5.41, 5.74) is 0. The lowest BCUT2D eigenvalue weighted by Gasteiger charge is -2.28. The van der Waals surface area contributed by atoms with E-state index in [-0.39, 0.29) is 0 Å². The number of carbonyl (C=O) groups is 1. The molecule has 1 aliphatic heterocycles. The molecule has 2 saturated carbocycles. The number of ether oxygens (including phenoxy) is 1. The van der Waals surface area contributed by atoms with Crippen molar-refractivity contribution in [2.24, 2.45) is 11.8 Å². The van der Waals surface area contributed by atoms with Gasteiger partial charge in [0.2, 0.25) is 0 Å². The van der Waals surface area contributed by atoms with E-state index in [0.29, 0.717) is 29.8 Å².